The number of aromatic nitrogens is 1. The van der Waals surface area contributed by atoms with Crippen molar-refractivity contribution >= 4 is 57.8 Å². The summed E-state index contributed by atoms with van der Waals surface area (Å²) in [5.74, 6) is -1.24. The molecule has 1 aromatic carbocycles. The molecule has 10 nitrogen and oxygen atoms in total. The first kappa shape index (κ1) is 27.6. The van der Waals surface area contributed by atoms with Crippen LogP contribution in [0.15, 0.2) is 40.9 Å². The van der Waals surface area contributed by atoms with Crippen molar-refractivity contribution in [2.45, 2.75) is 44.9 Å². The normalized spacial score (nSPS) is 18.9. The van der Waals surface area contributed by atoms with Gasteiger partial charge >= 0.3 is 5.97 Å². The van der Waals surface area contributed by atoms with Crippen LogP contribution in [-0.2, 0) is 25.5 Å². The van der Waals surface area contributed by atoms with Crippen LogP contribution in [0.1, 0.15) is 54.6 Å². The number of pyridine rings is 1. The molecule has 0 bridgehead atoms. The zero-order valence-corrected chi connectivity index (χ0v) is 23.0. The number of methoxy groups -OCH3 is 1. The average molecular weight is 567 g/mol. The van der Waals surface area contributed by atoms with Gasteiger partial charge in [-0.15, -0.1) is 0 Å². The molecule has 2 N–H and O–H groups in total. The number of hydrogen-bond acceptors (Lipinski definition) is 7. The van der Waals surface area contributed by atoms with E-state index in [1.54, 1.807) is 30.3 Å². The summed E-state index contributed by atoms with van der Waals surface area (Å²) in [4.78, 5) is 57.4. The molecule has 3 amide bonds. The van der Waals surface area contributed by atoms with Crippen LogP contribution in [-0.4, -0.2) is 53.8 Å². The lowest BCUT2D eigenvalue weighted by atomic mass is 9.81. The van der Waals surface area contributed by atoms with E-state index in [1.165, 1.54) is 13.3 Å². The molecule has 0 atom stereocenters. The third-order valence-electron chi connectivity index (χ3n) is 7.62. The molecule has 1 saturated carbocycles. The Hall–Kier alpha value is -3.92. The highest BCUT2D eigenvalue weighted by Gasteiger charge is 2.34. The van der Waals surface area contributed by atoms with Crippen molar-refractivity contribution in [3.05, 3.63) is 52.9 Å². The minimum Gasteiger partial charge on any atom is -0.469 e. The minimum atomic E-state index is -0.601. The maximum absolute atomic E-state index is 13.4. The summed E-state index contributed by atoms with van der Waals surface area (Å²) in [7, 11) is 1.31. The van der Waals surface area contributed by atoms with E-state index in [-0.39, 0.29) is 47.3 Å². The highest BCUT2D eigenvalue weighted by Crippen LogP contribution is 2.36. The van der Waals surface area contributed by atoms with Crippen LogP contribution in [0.5, 0.6) is 0 Å². The molecule has 0 unspecified atom stereocenters. The molecule has 11 heteroatoms. The van der Waals surface area contributed by atoms with Crippen molar-refractivity contribution in [3.63, 3.8) is 0 Å². The summed E-state index contributed by atoms with van der Waals surface area (Å²) < 4.78 is 10.7. The lowest BCUT2D eigenvalue weighted by Crippen LogP contribution is -2.37. The number of hydrogen-bond donors (Lipinski definition) is 2. The Labute approximate surface area is 236 Å². The van der Waals surface area contributed by atoms with E-state index in [0.29, 0.717) is 47.2 Å². The van der Waals surface area contributed by atoms with Gasteiger partial charge in [-0.3, -0.25) is 19.2 Å². The standard InChI is InChI=1S/C29H31ClN4O6/c1-39-24(35)15-17-4-10-22-21(14-17)25(26(40-22)28(37)32-23-11-9-20(30)16-31-23)33-27(36)18-5-7-19(8-6-18)29(38)34-12-2-3-13-34/h4,9-11,14,16,18-19H,2-3,5-8,12-13,15H2,1H3,(H,33,36)(H,31,32,37). The van der Waals surface area contributed by atoms with E-state index < -0.39 is 11.9 Å². The summed E-state index contributed by atoms with van der Waals surface area (Å²) in [5, 5.41) is 6.51. The van der Waals surface area contributed by atoms with Crippen molar-refractivity contribution in [2.24, 2.45) is 11.8 Å². The van der Waals surface area contributed by atoms with Gasteiger partial charge in [-0.2, -0.15) is 0 Å². The number of fused-ring (bicyclic) bond motifs is 1. The van der Waals surface area contributed by atoms with Gasteiger partial charge in [0.2, 0.25) is 17.6 Å². The van der Waals surface area contributed by atoms with E-state index in [1.807, 2.05) is 4.90 Å². The number of nitrogens with zero attached hydrogens (tertiary/aromatic N) is 2. The fraction of sp³-hybridized carbons (Fsp3) is 0.414. The van der Waals surface area contributed by atoms with Crippen LogP contribution in [0, 0.1) is 11.8 Å². The van der Waals surface area contributed by atoms with Gasteiger partial charge in [-0.1, -0.05) is 17.7 Å². The monoisotopic (exact) mass is 566 g/mol. The molecule has 210 valence electrons. The van der Waals surface area contributed by atoms with Gasteiger partial charge in [0.15, 0.2) is 0 Å². The fourth-order valence-electron chi connectivity index (χ4n) is 5.42. The molecule has 2 aliphatic rings. The summed E-state index contributed by atoms with van der Waals surface area (Å²) in [6.07, 6.45) is 5.99. The van der Waals surface area contributed by atoms with Crippen molar-refractivity contribution in [2.75, 3.05) is 30.8 Å². The SMILES string of the molecule is COC(=O)Cc1ccc2oc(C(=O)Nc3ccc(Cl)cn3)c(NC(=O)C3CCC(C(=O)N4CCCC4)CC3)c2c1. The van der Waals surface area contributed by atoms with Crippen molar-refractivity contribution in [3.8, 4) is 0 Å². The second-order valence-electron chi connectivity index (χ2n) is 10.3. The number of ether oxygens (including phenoxy) is 1. The van der Waals surface area contributed by atoms with Gasteiger partial charge in [-0.05, 0) is 68.4 Å². The predicted molar refractivity (Wildman–Crippen MR) is 149 cm³/mol. The van der Waals surface area contributed by atoms with Crippen LogP contribution >= 0.6 is 11.6 Å². The molecule has 3 heterocycles. The summed E-state index contributed by atoms with van der Waals surface area (Å²) in [5.41, 5.74) is 1.23. The van der Waals surface area contributed by atoms with Crippen LogP contribution in [0.2, 0.25) is 5.02 Å². The second kappa shape index (κ2) is 12.1. The Morgan fingerprint density at radius 1 is 1.02 bits per heavy atom. The number of amides is 3. The minimum absolute atomic E-state index is 0.0241. The third-order valence-corrected chi connectivity index (χ3v) is 7.84. The molecule has 3 aromatic rings. The maximum Gasteiger partial charge on any atom is 0.309 e. The van der Waals surface area contributed by atoms with E-state index in [0.717, 1.165) is 25.9 Å². The van der Waals surface area contributed by atoms with E-state index in [9.17, 15) is 19.2 Å². The molecule has 1 aliphatic carbocycles. The van der Waals surface area contributed by atoms with Gasteiger partial charge < -0.3 is 24.7 Å². The molecule has 2 fully saturated rings. The van der Waals surface area contributed by atoms with E-state index in [4.69, 9.17) is 20.8 Å². The Morgan fingerprint density at radius 2 is 1.75 bits per heavy atom. The summed E-state index contributed by atoms with van der Waals surface area (Å²) >= 11 is 5.90. The first-order chi connectivity index (χ1) is 19.3. The van der Waals surface area contributed by atoms with Gasteiger partial charge in [-0.25, -0.2) is 4.98 Å². The molecule has 5 rings (SSSR count). The number of carbonyl (C=O) groups excluding carboxylic acids is 4. The second-order valence-corrected chi connectivity index (χ2v) is 10.7. The number of likely N-dealkylation sites (tertiary alicyclic amines) is 1. The number of nitrogens with one attached hydrogen (secondary N) is 2. The number of furan rings is 1. The molecule has 0 radical (unpaired) electrons. The molecule has 40 heavy (non-hydrogen) atoms. The van der Waals surface area contributed by atoms with Crippen LogP contribution < -0.4 is 10.6 Å². The van der Waals surface area contributed by atoms with E-state index in [2.05, 4.69) is 15.6 Å². The lowest BCUT2D eigenvalue weighted by molar-refractivity contribution is -0.139. The van der Waals surface area contributed by atoms with Gasteiger partial charge in [0, 0.05) is 36.5 Å². The van der Waals surface area contributed by atoms with E-state index >= 15 is 0 Å². The zero-order valence-electron chi connectivity index (χ0n) is 22.2. The number of anilines is 2. The third kappa shape index (κ3) is 6.12. The highest BCUT2D eigenvalue weighted by atomic mass is 35.5. The maximum atomic E-state index is 13.4. The Kier molecular flexibility index (Phi) is 8.35. The van der Waals surface area contributed by atoms with Crippen molar-refractivity contribution < 1.29 is 28.3 Å². The van der Waals surface area contributed by atoms with Crippen LogP contribution in [0.3, 0.4) is 0 Å². The number of carbonyl (C=O) groups is 4. The molecular formula is C29H31ClN4O6. The average Bonchev–Trinajstić information content (AvgIpc) is 3.63. The highest BCUT2D eigenvalue weighted by molar-refractivity contribution is 6.30. The first-order valence-corrected chi connectivity index (χ1v) is 13.8. The van der Waals surface area contributed by atoms with Crippen molar-refractivity contribution in [1.29, 1.82) is 0 Å². The number of halogens is 1. The smallest absolute Gasteiger partial charge is 0.309 e. The van der Waals surface area contributed by atoms with Gasteiger partial charge in [0.05, 0.1) is 18.6 Å². The molecule has 1 saturated heterocycles. The largest absolute Gasteiger partial charge is 0.469 e. The van der Waals surface area contributed by atoms with Crippen molar-refractivity contribution in [1.82, 2.24) is 9.88 Å². The summed E-state index contributed by atoms with van der Waals surface area (Å²) in [6, 6.07) is 8.20. The number of benzene rings is 1. The first-order valence-electron chi connectivity index (χ1n) is 13.5. The Bertz CT molecular complexity index is 1420. The molecular weight excluding hydrogens is 536 g/mol. The zero-order chi connectivity index (χ0) is 28.2. The van der Waals surface area contributed by atoms with Gasteiger partial charge in [0.25, 0.3) is 5.91 Å². The fourth-order valence-corrected chi connectivity index (χ4v) is 5.54. The topological polar surface area (TPSA) is 131 Å². The summed E-state index contributed by atoms with van der Waals surface area (Å²) in [6.45, 7) is 1.64. The Balaban J connectivity index is 1.36. The Morgan fingerprint density at radius 3 is 2.42 bits per heavy atom. The lowest BCUT2D eigenvalue weighted by Gasteiger charge is -2.29. The molecule has 0 spiro atoms. The predicted octanol–water partition coefficient (Wildman–Crippen LogP) is 4.82. The molecule has 2 aromatic heterocycles. The molecule has 1 aliphatic heterocycles. The van der Waals surface area contributed by atoms with Crippen LogP contribution in [0.25, 0.3) is 11.0 Å². The number of rotatable bonds is 7. The number of esters is 1. The van der Waals surface area contributed by atoms with Crippen LogP contribution in [0.4, 0.5) is 11.5 Å². The quantitative estimate of drug-likeness (QED) is 0.392. The van der Waals surface area contributed by atoms with Gasteiger partial charge in [0.1, 0.15) is 17.1 Å².